The van der Waals surface area contributed by atoms with E-state index < -0.39 is 58.1 Å². The lowest BCUT2D eigenvalue weighted by Crippen LogP contribution is -2.12. The summed E-state index contributed by atoms with van der Waals surface area (Å²) in [5, 5.41) is 36.2. The molecule has 0 saturated heterocycles. The summed E-state index contributed by atoms with van der Waals surface area (Å²) in [6.07, 6.45) is 2.16. The average molecular weight is 502 g/mol. The average Bonchev–Trinajstić information content (AvgIpc) is 2.84. The van der Waals surface area contributed by atoms with E-state index in [0.717, 1.165) is 24.3 Å². The molecule has 190 valence electrons. The van der Waals surface area contributed by atoms with Crippen LogP contribution in [0.15, 0.2) is 36.4 Å². The molecule has 0 aliphatic heterocycles. The summed E-state index contributed by atoms with van der Waals surface area (Å²) < 4.78 is 10.1. The summed E-state index contributed by atoms with van der Waals surface area (Å²) in [5.41, 5.74) is -2.12. The van der Waals surface area contributed by atoms with Gasteiger partial charge >= 0.3 is 35.8 Å². The predicted octanol–water partition coefficient (Wildman–Crippen LogP) is 3.05. The number of hydrogen-bond donors (Lipinski definition) is 4. The van der Waals surface area contributed by atoms with E-state index in [9.17, 15) is 28.8 Å². The van der Waals surface area contributed by atoms with Crippen LogP contribution in [0.4, 0.5) is 0 Å². The first-order valence-electron chi connectivity index (χ1n) is 10.6. The van der Waals surface area contributed by atoms with Crippen LogP contribution >= 0.6 is 0 Å². The van der Waals surface area contributed by atoms with Crippen molar-refractivity contribution in [1.82, 2.24) is 0 Å². The Bertz CT molecular complexity index is 1100. The summed E-state index contributed by atoms with van der Waals surface area (Å²) in [7, 11) is 0. The van der Waals surface area contributed by atoms with Gasteiger partial charge in [-0.2, -0.15) is 0 Å². The van der Waals surface area contributed by atoms with Gasteiger partial charge in [0.25, 0.3) is 0 Å². The first-order valence-corrected chi connectivity index (χ1v) is 10.6. The maximum absolute atomic E-state index is 12.1. The maximum atomic E-state index is 12.1. The molecule has 12 heteroatoms. The van der Waals surface area contributed by atoms with Crippen molar-refractivity contribution in [1.29, 1.82) is 0 Å². The first kappa shape index (κ1) is 27.5. The molecule has 0 atom stereocenters. The molecule has 2 aromatic rings. The highest BCUT2D eigenvalue weighted by molar-refractivity contribution is 6.04. The predicted molar refractivity (Wildman–Crippen MR) is 120 cm³/mol. The highest BCUT2D eigenvalue weighted by Crippen LogP contribution is 2.15. The van der Waals surface area contributed by atoms with Crippen LogP contribution in [-0.2, 0) is 9.47 Å². The molecular weight excluding hydrogens is 480 g/mol. The maximum Gasteiger partial charge on any atom is 0.338 e. The number of benzene rings is 2. The molecule has 2 rings (SSSR count). The lowest BCUT2D eigenvalue weighted by atomic mass is 10.0. The molecule has 0 fully saturated rings. The van der Waals surface area contributed by atoms with Gasteiger partial charge in [0.15, 0.2) is 0 Å². The van der Waals surface area contributed by atoms with Crippen LogP contribution in [0, 0.1) is 0 Å². The molecule has 0 spiro atoms. The number of ether oxygens (including phenoxy) is 2. The highest BCUT2D eigenvalue weighted by atomic mass is 16.5. The van der Waals surface area contributed by atoms with Crippen molar-refractivity contribution in [2.24, 2.45) is 0 Å². The molecule has 0 saturated carbocycles. The first-order chi connectivity index (χ1) is 17.0. The van der Waals surface area contributed by atoms with E-state index in [4.69, 9.17) is 29.9 Å². The molecule has 4 N–H and O–H groups in total. The number of rotatable bonds is 13. The van der Waals surface area contributed by atoms with Gasteiger partial charge in [-0.05, 0) is 62.1 Å². The van der Waals surface area contributed by atoms with Crippen molar-refractivity contribution in [2.75, 3.05) is 13.2 Å². The standard InChI is InChI=1S/C24H22O12/c25-19(26)15-7-5-13(11-17(15)21(29)30)23(33)35-9-3-1-2-4-10-36-24(34)14-6-8-16(20(27)28)18(12-14)22(31)32/h5-8,11-12H,1-4,9-10H2,(H,25,26)(H,27,28)(H,29,30)(H,31,32). The molecular formula is C24H22O12. The van der Waals surface area contributed by atoms with Crippen molar-refractivity contribution >= 4 is 35.8 Å². The number of aromatic carboxylic acids is 4. The van der Waals surface area contributed by atoms with E-state index in [1.165, 1.54) is 12.1 Å². The smallest absolute Gasteiger partial charge is 0.338 e. The summed E-state index contributed by atoms with van der Waals surface area (Å²) in [5.74, 6) is -7.42. The Labute approximate surface area is 203 Å². The Morgan fingerprint density at radius 2 is 0.833 bits per heavy atom. The second-order valence-corrected chi connectivity index (χ2v) is 7.43. The number of carboxylic acid groups (broad SMARTS) is 4. The largest absolute Gasteiger partial charge is 0.478 e. The number of carboxylic acids is 4. The van der Waals surface area contributed by atoms with E-state index in [2.05, 4.69) is 0 Å². The molecule has 0 amide bonds. The van der Waals surface area contributed by atoms with Crippen LogP contribution < -0.4 is 0 Å². The summed E-state index contributed by atoms with van der Waals surface area (Å²) in [6, 6.07) is 6.26. The summed E-state index contributed by atoms with van der Waals surface area (Å²) >= 11 is 0. The zero-order valence-electron chi connectivity index (χ0n) is 18.8. The highest BCUT2D eigenvalue weighted by Gasteiger charge is 2.20. The molecule has 12 nitrogen and oxygen atoms in total. The van der Waals surface area contributed by atoms with Crippen molar-refractivity contribution in [2.45, 2.75) is 25.7 Å². The molecule has 0 aliphatic rings. The Kier molecular flexibility index (Phi) is 9.66. The molecule has 2 aromatic carbocycles. The third kappa shape index (κ3) is 7.38. The molecule has 0 bridgehead atoms. The number of hydrogen-bond acceptors (Lipinski definition) is 8. The lowest BCUT2D eigenvalue weighted by molar-refractivity contribution is 0.0473. The lowest BCUT2D eigenvalue weighted by Gasteiger charge is -2.08. The normalized spacial score (nSPS) is 10.3. The Morgan fingerprint density at radius 1 is 0.500 bits per heavy atom. The topological polar surface area (TPSA) is 202 Å². The fourth-order valence-electron chi connectivity index (χ4n) is 3.12. The van der Waals surface area contributed by atoms with Crippen LogP contribution in [0.3, 0.4) is 0 Å². The van der Waals surface area contributed by atoms with E-state index in [1.54, 1.807) is 0 Å². The molecule has 0 heterocycles. The van der Waals surface area contributed by atoms with E-state index in [-0.39, 0.29) is 24.3 Å². The van der Waals surface area contributed by atoms with Crippen molar-refractivity contribution in [3.8, 4) is 0 Å². The van der Waals surface area contributed by atoms with Crippen LogP contribution in [0.25, 0.3) is 0 Å². The van der Waals surface area contributed by atoms with E-state index >= 15 is 0 Å². The fraction of sp³-hybridized carbons (Fsp3) is 0.250. The van der Waals surface area contributed by atoms with Gasteiger partial charge in [-0.15, -0.1) is 0 Å². The minimum Gasteiger partial charge on any atom is -0.478 e. The third-order valence-electron chi connectivity index (χ3n) is 4.94. The monoisotopic (exact) mass is 502 g/mol. The zero-order chi connectivity index (χ0) is 26.8. The SMILES string of the molecule is O=C(OCCCCCCOC(=O)c1ccc(C(=O)O)c(C(=O)O)c1)c1ccc(C(=O)O)c(C(=O)O)c1. The Balaban J connectivity index is 1.72. The second kappa shape index (κ2) is 12.6. The van der Waals surface area contributed by atoms with Crippen LogP contribution in [-0.4, -0.2) is 69.5 Å². The Morgan fingerprint density at radius 3 is 1.14 bits per heavy atom. The van der Waals surface area contributed by atoms with Crippen LogP contribution in [0.1, 0.15) is 87.8 Å². The quantitative estimate of drug-likeness (QED) is 0.231. The minimum atomic E-state index is -1.48. The number of carbonyl (C=O) groups is 6. The van der Waals surface area contributed by atoms with Crippen LogP contribution in [0.5, 0.6) is 0 Å². The van der Waals surface area contributed by atoms with Gasteiger partial charge in [0.05, 0.1) is 46.6 Å². The van der Waals surface area contributed by atoms with Gasteiger partial charge in [0.1, 0.15) is 0 Å². The molecule has 0 aromatic heterocycles. The van der Waals surface area contributed by atoms with E-state index in [1.807, 2.05) is 0 Å². The van der Waals surface area contributed by atoms with Crippen LogP contribution in [0.2, 0.25) is 0 Å². The van der Waals surface area contributed by atoms with Gasteiger partial charge in [-0.1, -0.05) is 0 Å². The van der Waals surface area contributed by atoms with E-state index in [0.29, 0.717) is 25.7 Å². The van der Waals surface area contributed by atoms with Gasteiger partial charge in [0, 0.05) is 0 Å². The number of carbonyl (C=O) groups excluding carboxylic acids is 2. The third-order valence-corrected chi connectivity index (χ3v) is 4.94. The summed E-state index contributed by atoms with van der Waals surface area (Å²) in [4.78, 5) is 68.7. The number of unbranched alkanes of at least 4 members (excludes halogenated alkanes) is 3. The minimum absolute atomic E-state index is 0.0373. The molecule has 0 unspecified atom stereocenters. The second-order valence-electron chi connectivity index (χ2n) is 7.43. The van der Waals surface area contributed by atoms with Gasteiger partial charge in [0.2, 0.25) is 0 Å². The van der Waals surface area contributed by atoms with Crippen molar-refractivity contribution in [3.63, 3.8) is 0 Å². The van der Waals surface area contributed by atoms with Crippen molar-refractivity contribution < 1.29 is 58.7 Å². The van der Waals surface area contributed by atoms with Gasteiger partial charge < -0.3 is 29.9 Å². The summed E-state index contributed by atoms with van der Waals surface area (Å²) in [6.45, 7) is 0.0746. The fourth-order valence-corrected chi connectivity index (χ4v) is 3.12. The number of esters is 2. The van der Waals surface area contributed by atoms with Gasteiger partial charge in [-0.3, -0.25) is 0 Å². The molecule has 0 radical (unpaired) electrons. The Hall–Kier alpha value is -4.74. The zero-order valence-corrected chi connectivity index (χ0v) is 18.8. The van der Waals surface area contributed by atoms with Gasteiger partial charge in [-0.25, -0.2) is 28.8 Å². The molecule has 36 heavy (non-hydrogen) atoms. The van der Waals surface area contributed by atoms with Crippen molar-refractivity contribution in [3.05, 3.63) is 69.8 Å². The molecule has 0 aliphatic carbocycles.